The number of hydrogen-bond donors (Lipinski definition) is 1. The molecule has 1 N–H and O–H groups in total. The van der Waals surface area contributed by atoms with Crippen molar-refractivity contribution in [1.29, 1.82) is 5.26 Å². The number of nitrogens with zero attached hydrogens (tertiary/aromatic N) is 1. The van der Waals surface area contributed by atoms with Gasteiger partial charge in [-0.2, -0.15) is 5.26 Å². The first-order valence-electron chi connectivity index (χ1n) is 8.63. The van der Waals surface area contributed by atoms with E-state index in [-0.39, 0.29) is 11.5 Å². The van der Waals surface area contributed by atoms with Crippen molar-refractivity contribution in [2.24, 2.45) is 0 Å². The summed E-state index contributed by atoms with van der Waals surface area (Å²) in [5, 5.41) is 19.6. The molecule has 0 aliphatic rings. The highest BCUT2D eigenvalue weighted by atomic mass is 32.1. The van der Waals surface area contributed by atoms with Crippen molar-refractivity contribution < 1.29 is 14.6 Å². The average Bonchev–Trinajstić information content (AvgIpc) is 3.11. The molecule has 0 fully saturated rings. The first-order chi connectivity index (χ1) is 13.7. The van der Waals surface area contributed by atoms with E-state index in [1.165, 1.54) is 11.3 Å². The van der Waals surface area contributed by atoms with E-state index < -0.39 is 5.97 Å². The van der Waals surface area contributed by atoms with Crippen LogP contribution in [0.5, 0.6) is 5.75 Å². The van der Waals surface area contributed by atoms with Crippen LogP contribution in [0.2, 0.25) is 0 Å². The summed E-state index contributed by atoms with van der Waals surface area (Å²) >= 11 is 1.22. The zero-order valence-electron chi connectivity index (χ0n) is 14.8. The van der Waals surface area contributed by atoms with Crippen LogP contribution in [0.25, 0.3) is 21.2 Å². The van der Waals surface area contributed by atoms with E-state index in [2.05, 4.69) is 6.07 Å². The van der Waals surface area contributed by atoms with E-state index in [0.29, 0.717) is 11.3 Å². The third-order valence-corrected chi connectivity index (χ3v) is 5.58. The minimum absolute atomic E-state index is 0.209. The van der Waals surface area contributed by atoms with E-state index in [1.54, 1.807) is 6.07 Å². The summed E-state index contributed by atoms with van der Waals surface area (Å²) in [4.78, 5) is 11.8. The van der Waals surface area contributed by atoms with Crippen LogP contribution >= 0.6 is 11.3 Å². The van der Waals surface area contributed by atoms with Gasteiger partial charge in [0.05, 0.1) is 11.6 Å². The Kier molecular flexibility index (Phi) is 4.79. The van der Waals surface area contributed by atoms with Crippen molar-refractivity contribution in [3.8, 4) is 22.9 Å². The standard InChI is InChI=1S/C23H15NO3S/c24-13-17-5-1-2-6-18(17)16-11-9-15(10-12-16)14-27-21-19-7-3-4-8-20(19)28-22(21)23(25)26/h1-12H,14H2,(H,25,26). The number of thiophene rings is 1. The molecule has 3 aromatic carbocycles. The van der Waals surface area contributed by atoms with Gasteiger partial charge in [-0.3, -0.25) is 0 Å². The number of rotatable bonds is 5. The number of ether oxygens (including phenoxy) is 1. The quantitative estimate of drug-likeness (QED) is 0.477. The van der Waals surface area contributed by atoms with Crippen LogP contribution in [0.3, 0.4) is 0 Å². The molecule has 0 spiro atoms. The number of carboxylic acid groups (broad SMARTS) is 1. The number of fused-ring (bicyclic) bond motifs is 1. The van der Waals surface area contributed by atoms with Crippen LogP contribution in [-0.4, -0.2) is 11.1 Å². The molecule has 0 aliphatic carbocycles. The van der Waals surface area contributed by atoms with Gasteiger partial charge >= 0.3 is 5.97 Å². The number of carboxylic acids is 1. The molecule has 0 amide bonds. The molecule has 0 radical (unpaired) electrons. The molecule has 136 valence electrons. The first kappa shape index (κ1) is 17.8. The Morgan fingerprint density at radius 3 is 2.46 bits per heavy atom. The number of carbonyl (C=O) groups is 1. The van der Waals surface area contributed by atoms with Gasteiger partial charge in [0, 0.05) is 10.1 Å². The predicted molar refractivity (Wildman–Crippen MR) is 110 cm³/mol. The Labute approximate surface area is 165 Å². The lowest BCUT2D eigenvalue weighted by Gasteiger charge is -2.09. The lowest BCUT2D eigenvalue weighted by molar-refractivity contribution is 0.0698. The first-order valence-corrected chi connectivity index (χ1v) is 9.45. The SMILES string of the molecule is N#Cc1ccccc1-c1ccc(COc2c(C(=O)O)sc3ccccc23)cc1. The molecular weight excluding hydrogens is 370 g/mol. The second-order valence-electron chi connectivity index (χ2n) is 6.20. The fraction of sp³-hybridized carbons (Fsp3) is 0.0435. The van der Waals surface area contributed by atoms with E-state index in [9.17, 15) is 15.2 Å². The third kappa shape index (κ3) is 3.34. The van der Waals surface area contributed by atoms with Gasteiger partial charge in [0.25, 0.3) is 0 Å². The fourth-order valence-electron chi connectivity index (χ4n) is 3.07. The van der Waals surface area contributed by atoms with Crippen molar-refractivity contribution in [3.63, 3.8) is 0 Å². The Morgan fingerprint density at radius 2 is 1.71 bits per heavy atom. The molecule has 0 saturated heterocycles. The van der Waals surface area contributed by atoms with Crippen LogP contribution in [-0.2, 0) is 6.61 Å². The van der Waals surface area contributed by atoms with Gasteiger partial charge in [0.1, 0.15) is 6.61 Å². The molecule has 0 aliphatic heterocycles. The molecule has 0 unspecified atom stereocenters. The molecule has 28 heavy (non-hydrogen) atoms. The summed E-state index contributed by atoms with van der Waals surface area (Å²) in [7, 11) is 0. The Balaban J connectivity index is 1.58. The number of hydrogen-bond acceptors (Lipinski definition) is 4. The molecule has 0 bridgehead atoms. The minimum atomic E-state index is -0.986. The van der Waals surface area contributed by atoms with Crippen LogP contribution < -0.4 is 4.74 Å². The number of benzene rings is 3. The fourth-order valence-corrected chi connectivity index (χ4v) is 4.06. The van der Waals surface area contributed by atoms with E-state index in [0.717, 1.165) is 26.8 Å². The van der Waals surface area contributed by atoms with Gasteiger partial charge in [-0.15, -0.1) is 11.3 Å². The molecule has 1 heterocycles. The lowest BCUT2D eigenvalue weighted by atomic mass is 9.99. The molecule has 0 atom stereocenters. The predicted octanol–water partition coefficient (Wildman–Crippen LogP) is 5.72. The summed E-state index contributed by atoms with van der Waals surface area (Å²) in [5.74, 6) is -0.577. The summed E-state index contributed by atoms with van der Waals surface area (Å²) in [6.07, 6.45) is 0. The van der Waals surface area contributed by atoms with Gasteiger partial charge < -0.3 is 9.84 Å². The van der Waals surface area contributed by atoms with Crippen molar-refractivity contribution in [2.45, 2.75) is 6.61 Å². The van der Waals surface area contributed by atoms with Crippen molar-refractivity contribution in [3.05, 3.63) is 88.8 Å². The van der Waals surface area contributed by atoms with Crippen molar-refractivity contribution in [1.82, 2.24) is 0 Å². The van der Waals surface area contributed by atoms with Crippen LogP contribution in [0.1, 0.15) is 20.8 Å². The molecule has 4 nitrogen and oxygen atoms in total. The monoisotopic (exact) mass is 385 g/mol. The van der Waals surface area contributed by atoms with Gasteiger partial charge in [-0.1, -0.05) is 54.6 Å². The second kappa shape index (κ2) is 7.55. The summed E-state index contributed by atoms with van der Waals surface area (Å²) < 4.78 is 6.79. The summed E-state index contributed by atoms with van der Waals surface area (Å²) in [6.45, 7) is 0.265. The molecule has 5 heteroatoms. The maximum atomic E-state index is 11.6. The average molecular weight is 385 g/mol. The molecule has 0 saturated carbocycles. The zero-order chi connectivity index (χ0) is 19.5. The summed E-state index contributed by atoms with van der Waals surface area (Å²) in [6, 6.07) is 24.9. The molecular formula is C23H15NO3S. The lowest BCUT2D eigenvalue weighted by Crippen LogP contribution is -2.00. The highest BCUT2D eigenvalue weighted by Gasteiger charge is 2.19. The maximum absolute atomic E-state index is 11.6. The Bertz CT molecular complexity index is 1200. The third-order valence-electron chi connectivity index (χ3n) is 4.44. The summed E-state index contributed by atoms with van der Waals surface area (Å²) in [5.41, 5.74) is 3.38. The largest absolute Gasteiger partial charge is 0.486 e. The Hall–Kier alpha value is -3.62. The topological polar surface area (TPSA) is 70.3 Å². The van der Waals surface area contributed by atoms with Gasteiger partial charge in [0.2, 0.25) is 0 Å². The Morgan fingerprint density at radius 1 is 1.00 bits per heavy atom. The number of aromatic carboxylic acids is 1. The van der Waals surface area contributed by atoms with E-state index >= 15 is 0 Å². The van der Waals surface area contributed by atoms with Crippen molar-refractivity contribution in [2.75, 3.05) is 0 Å². The highest BCUT2D eigenvalue weighted by molar-refractivity contribution is 7.21. The van der Waals surface area contributed by atoms with E-state index in [1.807, 2.05) is 66.7 Å². The number of nitriles is 1. The minimum Gasteiger partial charge on any atom is -0.486 e. The van der Waals surface area contributed by atoms with Crippen LogP contribution in [0, 0.1) is 11.3 Å². The highest BCUT2D eigenvalue weighted by Crippen LogP contribution is 2.38. The van der Waals surface area contributed by atoms with Gasteiger partial charge in [0.15, 0.2) is 10.6 Å². The maximum Gasteiger partial charge on any atom is 0.349 e. The molecule has 4 rings (SSSR count). The van der Waals surface area contributed by atoms with Gasteiger partial charge in [-0.25, -0.2) is 4.79 Å². The van der Waals surface area contributed by atoms with Crippen molar-refractivity contribution >= 4 is 27.4 Å². The smallest absolute Gasteiger partial charge is 0.349 e. The molecule has 1 aromatic heterocycles. The van der Waals surface area contributed by atoms with E-state index in [4.69, 9.17) is 4.74 Å². The van der Waals surface area contributed by atoms with Crippen LogP contribution in [0.4, 0.5) is 0 Å². The zero-order valence-corrected chi connectivity index (χ0v) is 15.6. The second-order valence-corrected chi connectivity index (χ2v) is 7.26. The molecule has 4 aromatic rings. The van der Waals surface area contributed by atoms with Gasteiger partial charge in [-0.05, 0) is 34.9 Å². The normalized spacial score (nSPS) is 10.5. The van der Waals surface area contributed by atoms with Crippen LogP contribution in [0.15, 0.2) is 72.8 Å².